The Balaban J connectivity index is 0.000000128. The predicted octanol–water partition coefficient (Wildman–Crippen LogP) is 34.0. The molecule has 23 fully saturated rings. The van der Waals surface area contributed by atoms with Gasteiger partial charge in [-0.1, -0.05) is 215 Å². The number of fused-ring (bicyclic) bond motifs is 18. The van der Waals surface area contributed by atoms with Crippen molar-refractivity contribution in [3.63, 3.8) is 0 Å². The van der Waals surface area contributed by atoms with E-state index in [1.54, 1.807) is 12.8 Å². The van der Waals surface area contributed by atoms with E-state index in [4.69, 9.17) is 47.4 Å². The molecule has 10 heteroatoms. The van der Waals surface area contributed by atoms with E-state index >= 15 is 0 Å². The molecule has 0 amide bonds. The van der Waals surface area contributed by atoms with Crippen LogP contribution in [-0.2, 0) is 47.4 Å². The molecule has 0 aromatic carbocycles. The molecule has 0 radical (unpaired) electrons. The van der Waals surface area contributed by atoms with Gasteiger partial charge in [0.15, 0.2) is 0 Å². The largest absolute Gasteiger partial charge is 0.381 e. The predicted molar refractivity (Wildman–Crippen MR) is 565 cm³/mol. The normalized spacial score (nSPS) is 41.2. The van der Waals surface area contributed by atoms with Gasteiger partial charge in [-0.15, -0.1) is 0 Å². The van der Waals surface area contributed by atoms with Gasteiger partial charge in [0.1, 0.15) is 0 Å². The van der Waals surface area contributed by atoms with Gasteiger partial charge in [-0.3, -0.25) is 0 Å². The highest BCUT2D eigenvalue weighted by Gasteiger charge is 2.69. The first-order valence-electron chi connectivity index (χ1n) is 61.6. The zero-order valence-corrected chi connectivity index (χ0v) is 92.3. The van der Waals surface area contributed by atoms with E-state index in [-0.39, 0.29) is 0 Å². The average molecular weight is 1890 g/mol. The molecule has 0 heterocycles. The first-order valence-corrected chi connectivity index (χ1v) is 61.6. The van der Waals surface area contributed by atoms with Crippen LogP contribution < -0.4 is 0 Å². The first kappa shape index (κ1) is 112. The molecule has 786 valence electrons. The third kappa shape index (κ3) is 29.4. The van der Waals surface area contributed by atoms with Gasteiger partial charge in [-0.25, -0.2) is 0 Å². The Labute approximate surface area is 836 Å². The molecule has 135 heavy (non-hydrogen) atoms. The zero-order chi connectivity index (χ0) is 95.3. The number of rotatable bonds is 28. The third-order valence-electron chi connectivity index (χ3n) is 43.6. The summed E-state index contributed by atoms with van der Waals surface area (Å²) in [7, 11) is 0. The minimum atomic E-state index is 0.451. The van der Waals surface area contributed by atoms with E-state index < -0.39 is 0 Å². The fourth-order valence-corrected chi connectivity index (χ4v) is 37.0. The quantitative estimate of drug-likeness (QED) is 0.0705. The highest BCUT2D eigenvalue weighted by atomic mass is 16.5. The monoisotopic (exact) mass is 1890 g/mol. The van der Waals surface area contributed by atoms with Crippen molar-refractivity contribution in [2.45, 2.75) is 520 Å². The SMILES string of the molecule is CCOC1C2CC(C3C4CCC(C4)C23)C1(C)C.CCOC1C2CCC1C2.CCOC1C2CCC1CC2.CCOC1C2CCCC1CCC2.CCOCC1(C)CC2CCCC2C1.CCOCC1(C)CCC2CCCC21.CCOCC1(C)CCC2CCCCC2C1.CCOCC1(C)CCCC2CCCCC21.CCOCC1(C2CCCCC2)CCCC1.CCOCC1(C2CCCCC2)CCCCC1. The van der Waals surface area contributed by atoms with Crippen LogP contribution >= 0.6 is 0 Å². The van der Waals surface area contributed by atoms with Gasteiger partial charge in [0, 0.05) is 66.1 Å². The van der Waals surface area contributed by atoms with Crippen molar-refractivity contribution in [1.29, 1.82) is 0 Å². The number of ether oxygens (including phenoxy) is 10. The van der Waals surface area contributed by atoms with Gasteiger partial charge in [-0.05, 0) is 449 Å². The van der Waals surface area contributed by atoms with Crippen molar-refractivity contribution >= 4 is 0 Å². The summed E-state index contributed by atoms with van der Waals surface area (Å²) in [5.41, 5.74) is 3.66. The molecule has 0 aliphatic heterocycles. The van der Waals surface area contributed by atoms with E-state index in [1.807, 2.05) is 0 Å². The summed E-state index contributed by atoms with van der Waals surface area (Å²) in [6.45, 7) is 51.0. The lowest BCUT2D eigenvalue weighted by molar-refractivity contribution is -0.0980. The first-order chi connectivity index (χ1) is 65.6. The topological polar surface area (TPSA) is 92.3 Å². The summed E-state index contributed by atoms with van der Waals surface area (Å²) < 4.78 is 57.5. The van der Waals surface area contributed by atoms with Gasteiger partial charge in [0.05, 0.1) is 64.1 Å². The van der Waals surface area contributed by atoms with Gasteiger partial charge in [-0.2, -0.15) is 0 Å². The Kier molecular flexibility index (Phi) is 46.0. The molecule has 20 atom stereocenters. The maximum Gasteiger partial charge on any atom is 0.0659 e. The van der Waals surface area contributed by atoms with Crippen molar-refractivity contribution in [2.24, 2.45) is 168 Å². The van der Waals surface area contributed by atoms with Crippen LogP contribution in [0.1, 0.15) is 496 Å². The van der Waals surface area contributed by atoms with E-state index in [0.29, 0.717) is 62.3 Å². The van der Waals surface area contributed by atoms with Crippen LogP contribution in [0.25, 0.3) is 0 Å². The second-order valence-electron chi connectivity index (χ2n) is 52.5. The fourth-order valence-electron chi connectivity index (χ4n) is 37.0. The molecule has 20 unspecified atom stereocenters. The molecule has 10 bridgehead atoms. The molecule has 0 aromatic rings. The second-order valence-corrected chi connectivity index (χ2v) is 52.5. The molecule has 23 aliphatic carbocycles. The van der Waals surface area contributed by atoms with Crippen molar-refractivity contribution in [3.05, 3.63) is 0 Å². The smallest absolute Gasteiger partial charge is 0.0659 e. The molecular formula is C125H226O10. The minimum absolute atomic E-state index is 0.451. The van der Waals surface area contributed by atoms with Gasteiger partial charge < -0.3 is 47.4 Å². The Morgan fingerprint density at radius 3 is 1.03 bits per heavy atom. The Morgan fingerprint density at radius 1 is 0.207 bits per heavy atom. The molecule has 0 N–H and O–H groups in total. The zero-order valence-electron chi connectivity index (χ0n) is 92.3. The lowest BCUT2D eigenvalue weighted by Crippen LogP contribution is -2.47. The fraction of sp³-hybridized carbons (Fsp3) is 1.00. The summed E-state index contributed by atoms with van der Waals surface area (Å²) in [5, 5.41) is 0. The summed E-state index contributed by atoms with van der Waals surface area (Å²) in [6, 6.07) is 0. The summed E-state index contributed by atoms with van der Waals surface area (Å²) in [4.78, 5) is 0. The Morgan fingerprint density at radius 2 is 0.533 bits per heavy atom. The van der Waals surface area contributed by atoms with E-state index in [2.05, 4.69) is 111 Å². The van der Waals surface area contributed by atoms with Crippen LogP contribution in [-0.4, -0.2) is 130 Å². The molecular weight excluding hydrogens is 1660 g/mol. The summed E-state index contributed by atoms with van der Waals surface area (Å²) in [6.07, 6.45) is 90.3. The molecule has 0 spiro atoms. The standard InChI is InChI=1S/C16H26O.C15H28O.3C14H26O.2C12H22O.C11H20O.C9H16O.C8H14O/c1-4-17-15-11-8-12(16(15,2)3)14-10-6-5-9(7-10)13(11)14;1-2-16-13-15(11-7-4-8-12-15)14-9-5-3-6-10-14;1-3-15-11-14(2)10-6-8-12-7-4-5-9-13(12)14;1-3-15-11-14(2)9-8-12-6-4-5-7-13(12)10-14;1-2-15-12-14(10-6-7-11-14)13-8-4-3-5-9-13;1-3-13-9-12(2)7-10-5-4-6-11(10)8-12;1-3-13-9-12(2)8-7-10-5-4-6-11(10)12;1-2-12-11-9-5-3-6-10(11)8-4-7-9;1-2-10-9-7-3-4-8(9)6-5-7;1-2-9-8-6-3-4-7(8)5-6/h9-15H,4-8H2,1-3H3;14H,2-13H2,1H3;2*12-13H,3-11H2,1-2H3;13H,2-12H2,1H3;2*10-11H,3-9H2,1-2H3;9-11H,2-8H2,1H3;7-9H,2-6H2,1H3;6-8H,2-5H2,1H3. The van der Waals surface area contributed by atoms with Crippen molar-refractivity contribution < 1.29 is 47.4 Å². The van der Waals surface area contributed by atoms with Gasteiger partial charge in [0.2, 0.25) is 0 Å². The van der Waals surface area contributed by atoms with E-state index in [0.717, 1.165) is 236 Å². The van der Waals surface area contributed by atoms with Crippen LogP contribution in [0.5, 0.6) is 0 Å². The van der Waals surface area contributed by atoms with Gasteiger partial charge >= 0.3 is 0 Å². The van der Waals surface area contributed by atoms with Crippen LogP contribution in [0.3, 0.4) is 0 Å². The highest BCUT2D eigenvalue weighted by molar-refractivity contribution is 5.17. The van der Waals surface area contributed by atoms with Gasteiger partial charge in [0.25, 0.3) is 0 Å². The summed E-state index contributed by atoms with van der Waals surface area (Å²) >= 11 is 0. The Bertz CT molecular complexity index is 3110. The second kappa shape index (κ2) is 55.6. The lowest BCUT2D eigenvalue weighted by Gasteiger charge is -2.48. The minimum Gasteiger partial charge on any atom is -0.381 e. The van der Waals surface area contributed by atoms with Crippen molar-refractivity contribution in [1.82, 2.24) is 0 Å². The highest BCUT2D eigenvalue weighted by Crippen LogP contribution is 2.73. The summed E-state index contributed by atoms with van der Waals surface area (Å²) in [5.74, 6) is 22.0. The van der Waals surface area contributed by atoms with Crippen molar-refractivity contribution in [3.8, 4) is 0 Å². The molecule has 23 aliphatic rings. The molecule has 10 nitrogen and oxygen atoms in total. The lowest BCUT2D eigenvalue weighted by atomic mass is 9.58. The molecule has 23 rings (SSSR count). The third-order valence-corrected chi connectivity index (χ3v) is 43.6. The van der Waals surface area contributed by atoms with Crippen LogP contribution in [0.4, 0.5) is 0 Å². The van der Waals surface area contributed by atoms with Crippen LogP contribution in [0.2, 0.25) is 0 Å². The van der Waals surface area contributed by atoms with Crippen LogP contribution in [0.15, 0.2) is 0 Å². The molecule has 0 aromatic heterocycles. The molecule has 23 saturated carbocycles. The van der Waals surface area contributed by atoms with Crippen LogP contribution in [0, 0.1) is 168 Å². The number of hydrogen-bond acceptors (Lipinski definition) is 10. The maximum atomic E-state index is 6.17. The van der Waals surface area contributed by atoms with E-state index in [1.165, 1.54) is 372 Å². The maximum absolute atomic E-state index is 6.17. The van der Waals surface area contributed by atoms with E-state index in [9.17, 15) is 0 Å². The molecule has 0 saturated heterocycles. The number of hydrogen-bond donors (Lipinski definition) is 0. The van der Waals surface area contributed by atoms with Crippen molar-refractivity contribution in [2.75, 3.05) is 106 Å². The Hall–Kier alpha value is -0.400. The average Bonchev–Trinajstić information content (AvgIpc) is 1.52.